The highest BCUT2D eigenvalue weighted by Gasteiger charge is 2.59. The maximum atomic E-state index is 10.2. The second kappa shape index (κ2) is 7.58. The van der Waals surface area contributed by atoms with Crippen molar-refractivity contribution in [2.75, 3.05) is 0 Å². The summed E-state index contributed by atoms with van der Waals surface area (Å²) < 4.78 is 0. The summed E-state index contributed by atoms with van der Waals surface area (Å²) >= 11 is 0. The summed E-state index contributed by atoms with van der Waals surface area (Å²) in [7, 11) is 0. The molecular weight excluding hydrogens is 340 g/mol. The van der Waals surface area contributed by atoms with E-state index in [1.54, 1.807) is 0 Å². The molecule has 0 bridgehead atoms. The molecule has 0 spiro atoms. The Balaban J connectivity index is 1.25. The Morgan fingerprint density at radius 1 is 0.750 bits per heavy atom. The second-order valence-corrected chi connectivity index (χ2v) is 12.5. The summed E-state index contributed by atoms with van der Waals surface area (Å²) in [5, 5.41) is 10.2. The summed E-state index contributed by atoms with van der Waals surface area (Å²) in [6.07, 6.45) is 23.1. The lowest BCUT2D eigenvalue weighted by molar-refractivity contribution is -0.127. The van der Waals surface area contributed by atoms with Gasteiger partial charge in [0.15, 0.2) is 0 Å². The molecule has 160 valence electrons. The van der Waals surface area contributed by atoms with Crippen LogP contribution in [0.2, 0.25) is 0 Å². The molecule has 5 fully saturated rings. The molecule has 0 aromatic rings. The lowest BCUT2D eigenvalue weighted by Gasteiger charge is -2.61. The summed E-state index contributed by atoms with van der Waals surface area (Å²) in [6.45, 7) is 5.36. The van der Waals surface area contributed by atoms with Crippen LogP contribution in [0.15, 0.2) is 0 Å². The van der Waals surface area contributed by atoms with Crippen molar-refractivity contribution < 1.29 is 5.11 Å². The maximum absolute atomic E-state index is 10.2. The van der Waals surface area contributed by atoms with Gasteiger partial charge in [0.1, 0.15) is 0 Å². The largest absolute Gasteiger partial charge is 0.393 e. The van der Waals surface area contributed by atoms with E-state index in [1.165, 1.54) is 89.9 Å². The highest BCUT2D eigenvalue weighted by Crippen LogP contribution is 2.67. The molecule has 1 heteroatoms. The monoisotopic (exact) mass is 386 g/mol. The molecule has 5 saturated carbocycles. The molecule has 0 aliphatic heterocycles. The second-order valence-electron chi connectivity index (χ2n) is 12.5. The Hall–Kier alpha value is -0.0400. The van der Waals surface area contributed by atoms with Gasteiger partial charge in [0, 0.05) is 0 Å². The zero-order chi connectivity index (χ0) is 19.4. The van der Waals surface area contributed by atoms with Crippen molar-refractivity contribution in [3.05, 3.63) is 0 Å². The summed E-state index contributed by atoms with van der Waals surface area (Å²) in [6, 6.07) is 0. The van der Waals surface area contributed by atoms with Crippen LogP contribution in [0.1, 0.15) is 117 Å². The zero-order valence-corrected chi connectivity index (χ0v) is 18.8. The fourth-order valence-corrected chi connectivity index (χ4v) is 9.77. The van der Waals surface area contributed by atoms with Crippen molar-refractivity contribution in [1.82, 2.24) is 0 Å². The number of aliphatic hydroxyl groups is 1. The molecule has 28 heavy (non-hydrogen) atoms. The molecular formula is C27H46O. The summed E-state index contributed by atoms with van der Waals surface area (Å²) in [5.74, 6) is 5.91. The van der Waals surface area contributed by atoms with Gasteiger partial charge in [-0.1, -0.05) is 52.4 Å². The maximum Gasteiger partial charge on any atom is 0.0543 e. The van der Waals surface area contributed by atoms with E-state index in [0.717, 1.165) is 48.3 Å². The molecule has 0 radical (unpaired) electrons. The van der Waals surface area contributed by atoms with Crippen LogP contribution in [-0.4, -0.2) is 11.2 Å². The van der Waals surface area contributed by atoms with Gasteiger partial charge in [-0.25, -0.2) is 0 Å². The first-order valence-corrected chi connectivity index (χ1v) is 13.2. The van der Waals surface area contributed by atoms with Crippen LogP contribution >= 0.6 is 0 Å². The van der Waals surface area contributed by atoms with Crippen molar-refractivity contribution in [2.24, 2.45) is 46.3 Å². The van der Waals surface area contributed by atoms with Gasteiger partial charge in [-0.3, -0.25) is 0 Å². The highest BCUT2D eigenvalue weighted by molar-refractivity contribution is 5.09. The lowest BCUT2D eigenvalue weighted by Crippen LogP contribution is -2.53. The van der Waals surface area contributed by atoms with Gasteiger partial charge in [0.05, 0.1) is 6.10 Å². The lowest BCUT2D eigenvalue weighted by atomic mass is 9.44. The highest BCUT2D eigenvalue weighted by atomic mass is 16.3. The van der Waals surface area contributed by atoms with E-state index < -0.39 is 0 Å². The van der Waals surface area contributed by atoms with Crippen molar-refractivity contribution in [2.45, 2.75) is 123 Å². The Labute approximate surface area is 174 Å². The molecule has 5 aliphatic carbocycles. The molecule has 5 aliphatic rings. The topological polar surface area (TPSA) is 20.2 Å². The molecule has 0 aromatic carbocycles. The first kappa shape index (κ1) is 19.9. The van der Waals surface area contributed by atoms with E-state index in [4.69, 9.17) is 0 Å². The van der Waals surface area contributed by atoms with Crippen LogP contribution in [0.4, 0.5) is 0 Å². The van der Waals surface area contributed by atoms with E-state index >= 15 is 0 Å². The van der Waals surface area contributed by atoms with Crippen LogP contribution in [-0.2, 0) is 0 Å². The van der Waals surface area contributed by atoms with Gasteiger partial charge in [-0.05, 0) is 111 Å². The smallest absolute Gasteiger partial charge is 0.0543 e. The molecule has 0 saturated heterocycles. The van der Waals surface area contributed by atoms with Gasteiger partial charge >= 0.3 is 0 Å². The van der Waals surface area contributed by atoms with E-state index in [0.29, 0.717) is 10.8 Å². The van der Waals surface area contributed by atoms with Crippen molar-refractivity contribution in [1.29, 1.82) is 0 Å². The molecule has 5 unspecified atom stereocenters. The first-order valence-electron chi connectivity index (χ1n) is 13.2. The van der Waals surface area contributed by atoms with Gasteiger partial charge in [-0.2, -0.15) is 0 Å². The minimum atomic E-state index is -0.000732. The van der Waals surface area contributed by atoms with Crippen LogP contribution in [0.25, 0.3) is 0 Å². The normalized spacial score (nSPS) is 51.5. The summed E-state index contributed by atoms with van der Waals surface area (Å²) in [5.41, 5.74) is 1.21. The van der Waals surface area contributed by atoms with E-state index in [-0.39, 0.29) is 6.10 Å². The molecule has 0 amide bonds. The molecule has 0 heterocycles. The minimum absolute atomic E-state index is 0.000732. The third-order valence-electron chi connectivity index (χ3n) is 11.5. The molecule has 1 N–H and O–H groups in total. The number of hydrogen-bond donors (Lipinski definition) is 1. The number of aliphatic hydroxyl groups excluding tert-OH is 1. The van der Waals surface area contributed by atoms with Crippen LogP contribution < -0.4 is 0 Å². The zero-order valence-electron chi connectivity index (χ0n) is 18.8. The molecule has 5 rings (SSSR count). The van der Waals surface area contributed by atoms with Crippen LogP contribution in [0.5, 0.6) is 0 Å². The minimum Gasteiger partial charge on any atom is -0.393 e. The standard InChI is InChI=1S/C27H46O/c1-26-17-15-25-23(12-10-21-18-22(28)14-16-27(21,25)2)24(26)13-11-20(26)9-5-8-19-6-3-4-7-19/h19-25,28H,3-18H2,1-2H3/t20-,21?,22-,23?,24?,25?,26+,27?/m0/s1. The Kier molecular flexibility index (Phi) is 5.39. The van der Waals surface area contributed by atoms with Crippen molar-refractivity contribution in [3.63, 3.8) is 0 Å². The SMILES string of the molecule is CC12CC[C@H](O)CC1CCC1C2CC[C@@]2(C)C1CC[C@@H]2CCCC1CCCC1. The van der Waals surface area contributed by atoms with Gasteiger partial charge in [0.25, 0.3) is 0 Å². The van der Waals surface area contributed by atoms with Crippen molar-refractivity contribution >= 4 is 0 Å². The quantitative estimate of drug-likeness (QED) is 0.535. The average Bonchev–Trinajstić information content (AvgIpc) is 3.30. The van der Waals surface area contributed by atoms with E-state index in [9.17, 15) is 5.11 Å². The third kappa shape index (κ3) is 3.21. The Morgan fingerprint density at radius 3 is 2.32 bits per heavy atom. The first-order chi connectivity index (χ1) is 13.5. The van der Waals surface area contributed by atoms with Gasteiger partial charge in [-0.15, -0.1) is 0 Å². The molecule has 0 aromatic heterocycles. The van der Waals surface area contributed by atoms with Gasteiger partial charge < -0.3 is 5.11 Å². The number of hydrogen-bond acceptors (Lipinski definition) is 1. The summed E-state index contributed by atoms with van der Waals surface area (Å²) in [4.78, 5) is 0. The Bertz CT molecular complexity index is 550. The van der Waals surface area contributed by atoms with Crippen LogP contribution in [0.3, 0.4) is 0 Å². The molecule has 1 nitrogen and oxygen atoms in total. The van der Waals surface area contributed by atoms with E-state index in [1.807, 2.05) is 0 Å². The number of rotatable bonds is 4. The van der Waals surface area contributed by atoms with Crippen molar-refractivity contribution in [3.8, 4) is 0 Å². The van der Waals surface area contributed by atoms with Crippen LogP contribution in [0, 0.1) is 46.3 Å². The third-order valence-corrected chi connectivity index (χ3v) is 11.5. The fourth-order valence-electron chi connectivity index (χ4n) is 9.77. The fraction of sp³-hybridized carbons (Fsp3) is 1.00. The number of fused-ring (bicyclic) bond motifs is 5. The van der Waals surface area contributed by atoms with Gasteiger partial charge in [0.2, 0.25) is 0 Å². The molecule has 8 atom stereocenters. The van der Waals surface area contributed by atoms with E-state index in [2.05, 4.69) is 13.8 Å². The predicted molar refractivity (Wildman–Crippen MR) is 117 cm³/mol. The Morgan fingerprint density at radius 2 is 1.50 bits per heavy atom. The average molecular weight is 387 g/mol. The predicted octanol–water partition coefficient (Wildman–Crippen LogP) is 7.37.